The van der Waals surface area contributed by atoms with E-state index < -0.39 is 16.1 Å². The zero-order valence-corrected chi connectivity index (χ0v) is 22.3. The molecule has 0 N–H and O–H groups in total. The van der Waals surface area contributed by atoms with E-state index in [0.717, 1.165) is 24.3 Å². The van der Waals surface area contributed by atoms with E-state index in [0.29, 0.717) is 22.2 Å². The molecule has 1 aliphatic heterocycles. The summed E-state index contributed by atoms with van der Waals surface area (Å²) in [5.41, 5.74) is 3.02. The highest BCUT2D eigenvalue weighted by Gasteiger charge is 2.19. The molecule has 0 aliphatic carbocycles. The van der Waals surface area contributed by atoms with Crippen molar-refractivity contribution in [2.24, 2.45) is 4.99 Å². The molecule has 196 valence electrons. The van der Waals surface area contributed by atoms with Gasteiger partial charge < -0.3 is 14.2 Å². The van der Waals surface area contributed by atoms with Gasteiger partial charge in [-0.3, -0.25) is 4.48 Å². The summed E-state index contributed by atoms with van der Waals surface area (Å²) in [6.45, 7) is 8.70. The van der Waals surface area contributed by atoms with E-state index in [9.17, 15) is 23.0 Å². The number of anilines is 1. The molecule has 0 saturated carbocycles. The van der Waals surface area contributed by atoms with Gasteiger partial charge in [0.15, 0.2) is 6.34 Å². The Morgan fingerprint density at radius 1 is 1.14 bits per heavy atom. The number of nitrogens with zero attached hydrogens (tertiary/aromatic N) is 4. The van der Waals surface area contributed by atoms with Crippen LogP contribution in [-0.2, 0) is 19.6 Å². The lowest BCUT2D eigenvalue weighted by atomic mass is 10.1. The normalized spacial score (nSPS) is 16.5. The van der Waals surface area contributed by atoms with Crippen LogP contribution in [0, 0.1) is 18.3 Å². The molecule has 0 radical (unpaired) electrons. The average Bonchev–Trinajstić information content (AvgIpc) is 3.30. The first-order valence-corrected chi connectivity index (χ1v) is 13.2. The van der Waals surface area contributed by atoms with Crippen molar-refractivity contribution >= 4 is 33.7 Å². The van der Waals surface area contributed by atoms with E-state index in [4.69, 9.17) is 4.74 Å². The summed E-state index contributed by atoms with van der Waals surface area (Å²) in [6.07, 6.45) is 6.67. The third-order valence-electron chi connectivity index (χ3n) is 5.64. The van der Waals surface area contributed by atoms with E-state index in [1.807, 2.05) is 44.4 Å². The third kappa shape index (κ3) is 9.31. The van der Waals surface area contributed by atoms with Crippen molar-refractivity contribution < 1.29 is 27.0 Å². The van der Waals surface area contributed by atoms with Crippen LogP contribution in [0.3, 0.4) is 0 Å². The molecule has 1 heterocycles. The molecule has 0 bridgehead atoms. The predicted molar refractivity (Wildman–Crippen MR) is 142 cm³/mol. The Balaban J connectivity index is 0.000000364. The number of hydrogen-bond acceptors (Lipinski definition) is 8. The predicted octanol–water partition coefficient (Wildman–Crippen LogP) is 3.84. The first kappa shape index (κ1) is 29.5. The SMILES string of the molecule is CCN(CC)c1ccc(/C(C#N)=C/C(=O)OCC[N+]2(C)C=CN=C2)cc1.Cc1ccc(S(=O)(=O)[O-])cc1. The van der Waals surface area contributed by atoms with Crippen LogP contribution in [0.5, 0.6) is 0 Å². The summed E-state index contributed by atoms with van der Waals surface area (Å²) in [7, 11) is -2.30. The number of nitriles is 1. The summed E-state index contributed by atoms with van der Waals surface area (Å²) in [4.78, 5) is 18.1. The lowest BCUT2D eigenvalue weighted by Crippen LogP contribution is -2.38. The second kappa shape index (κ2) is 13.5. The Bertz CT molecular complexity index is 1280. The van der Waals surface area contributed by atoms with Crippen LogP contribution >= 0.6 is 0 Å². The number of benzene rings is 2. The Kier molecular flexibility index (Phi) is 10.8. The largest absolute Gasteiger partial charge is 0.744 e. The summed E-state index contributed by atoms with van der Waals surface area (Å²) >= 11 is 0. The van der Waals surface area contributed by atoms with Crippen LogP contribution in [0.15, 0.2) is 76.9 Å². The molecule has 0 aromatic heterocycles. The molecule has 0 amide bonds. The molecule has 1 unspecified atom stereocenters. The number of allylic oxidation sites excluding steroid dienone is 1. The van der Waals surface area contributed by atoms with Gasteiger partial charge in [0.1, 0.15) is 35.5 Å². The first-order chi connectivity index (χ1) is 17.5. The van der Waals surface area contributed by atoms with Crippen LogP contribution in [-0.4, -0.2) is 63.1 Å². The van der Waals surface area contributed by atoms with Gasteiger partial charge in [-0.15, -0.1) is 0 Å². The minimum absolute atomic E-state index is 0.178. The second-order valence-electron chi connectivity index (χ2n) is 8.46. The number of carbonyl (C=O) groups is 1. The van der Waals surface area contributed by atoms with E-state index in [1.165, 1.54) is 18.2 Å². The number of likely N-dealkylation sites (N-methyl/N-ethyl adjacent to an activating group) is 1. The standard InChI is InChI=1S/C20H25N4O2.C7H8O3S/c1-4-23(5-2)19-8-6-17(7-9-19)18(15-21)14-20(25)26-13-12-24(3)11-10-22-16-24;1-6-2-4-7(5-3-6)11(8,9)10/h6-11,14,16H,4-5,12-13H2,1-3H3;2-5H,1H3,(H,8,9,10)/q+1;/p-1/b18-14+;. The number of esters is 1. The van der Waals surface area contributed by atoms with Crippen molar-refractivity contribution in [1.29, 1.82) is 5.26 Å². The highest BCUT2D eigenvalue weighted by Crippen LogP contribution is 2.20. The molecular weight excluding hydrogens is 492 g/mol. The van der Waals surface area contributed by atoms with Gasteiger partial charge in [-0.2, -0.15) is 5.26 Å². The van der Waals surface area contributed by atoms with Crippen LogP contribution in [0.4, 0.5) is 5.69 Å². The number of aryl methyl sites for hydroxylation is 1. The molecule has 37 heavy (non-hydrogen) atoms. The summed E-state index contributed by atoms with van der Waals surface area (Å²) in [6, 6.07) is 15.5. The van der Waals surface area contributed by atoms with Crippen molar-refractivity contribution in [2.75, 3.05) is 38.2 Å². The quantitative estimate of drug-likeness (QED) is 0.161. The van der Waals surface area contributed by atoms with E-state index in [2.05, 4.69) is 29.8 Å². The first-order valence-electron chi connectivity index (χ1n) is 11.7. The molecular formula is C27H32N4O5S. The lowest BCUT2D eigenvalue weighted by Gasteiger charge is -2.21. The topological polar surface area (TPSA) is 123 Å². The van der Waals surface area contributed by atoms with Crippen molar-refractivity contribution in [3.05, 3.63) is 78.1 Å². The van der Waals surface area contributed by atoms with Crippen molar-refractivity contribution in [3.8, 4) is 6.07 Å². The van der Waals surface area contributed by atoms with Gasteiger partial charge in [0.05, 0.1) is 23.7 Å². The Labute approximate surface area is 219 Å². The molecule has 1 atom stereocenters. The zero-order valence-electron chi connectivity index (χ0n) is 21.5. The van der Waals surface area contributed by atoms with Crippen LogP contribution in [0.25, 0.3) is 5.57 Å². The van der Waals surface area contributed by atoms with Crippen molar-refractivity contribution in [3.63, 3.8) is 0 Å². The molecule has 2 aromatic carbocycles. The zero-order chi connectivity index (χ0) is 27.5. The monoisotopic (exact) mass is 524 g/mol. The van der Waals surface area contributed by atoms with Crippen molar-refractivity contribution in [2.45, 2.75) is 25.7 Å². The molecule has 1 aliphatic rings. The van der Waals surface area contributed by atoms with E-state index in [-0.39, 0.29) is 11.5 Å². The fourth-order valence-electron chi connectivity index (χ4n) is 3.38. The second-order valence-corrected chi connectivity index (χ2v) is 9.84. The maximum absolute atomic E-state index is 12.0. The van der Waals surface area contributed by atoms with E-state index in [1.54, 1.807) is 24.7 Å². The number of rotatable bonds is 9. The van der Waals surface area contributed by atoms with Crippen LogP contribution < -0.4 is 4.90 Å². The number of aliphatic imine (C=N–C) groups is 1. The summed E-state index contributed by atoms with van der Waals surface area (Å²) in [5.74, 6) is -0.513. The van der Waals surface area contributed by atoms with E-state index >= 15 is 0 Å². The molecule has 0 saturated heterocycles. The fourth-order valence-corrected chi connectivity index (χ4v) is 3.85. The van der Waals surface area contributed by atoms with Crippen molar-refractivity contribution in [1.82, 2.24) is 0 Å². The average molecular weight is 525 g/mol. The van der Waals surface area contributed by atoms with Gasteiger partial charge >= 0.3 is 5.97 Å². The van der Waals surface area contributed by atoms with Gasteiger partial charge in [0.2, 0.25) is 0 Å². The smallest absolute Gasteiger partial charge is 0.332 e. The summed E-state index contributed by atoms with van der Waals surface area (Å²) < 4.78 is 36.9. The summed E-state index contributed by atoms with van der Waals surface area (Å²) in [5, 5.41) is 9.37. The molecule has 2 aromatic rings. The van der Waals surface area contributed by atoms with Gasteiger partial charge in [-0.25, -0.2) is 18.2 Å². The number of quaternary nitrogens is 1. The number of carbonyl (C=O) groups excluding carboxylic acids is 1. The maximum atomic E-state index is 12.0. The van der Waals surface area contributed by atoms with Gasteiger partial charge in [-0.1, -0.05) is 29.8 Å². The maximum Gasteiger partial charge on any atom is 0.332 e. The molecule has 0 spiro atoms. The fraction of sp³-hybridized carbons (Fsp3) is 0.296. The lowest BCUT2D eigenvalue weighted by molar-refractivity contribution is -0.756. The van der Waals surface area contributed by atoms with Gasteiger partial charge in [0.25, 0.3) is 0 Å². The highest BCUT2D eigenvalue weighted by atomic mass is 32.2. The van der Waals surface area contributed by atoms with Gasteiger partial charge in [0, 0.05) is 24.9 Å². The molecule has 9 nitrogen and oxygen atoms in total. The Morgan fingerprint density at radius 2 is 1.76 bits per heavy atom. The van der Waals surface area contributed by atoms with Gasteiger partial charge in [-0.05, 0) is 50.6 Å². The molecule has 10 heteroatoms. The number of hydrogen-bond donors (Lipinski definition) is 0. The Hall–Kier alpha value is -3.78. The minimum atomic E-state index is -4.27. The highest BCUT2D eigenvalue weighted by molar-refractivity contribution is 7.85. The molecule has 3 rings (SSSR count). The minimum Gasteiger partial charge on any atom is -0.744 e. The number of ether oxygens (including phenoxy) is 1. The Morgan fingerprint density at radius 3 is 2.24 bits per heavy atom. The van der Waals surface area contributed by atoms with Crippen LogP contribution in [0.1, 0.15) is 25.0 Å². The third-order valence-corrected chi connectivity index (χ3v) is 6.49. The molecule has 0 fully saturated rings. The van der Waals surface area contributed by atoms with Crippen LogP contribution in [0.2, 0.25) is 0 Å².